The van der Waals surface area contributed by atoms with Crippen LogP contribution < -0.4 is 5.32 Å². The zero-order valence-electron chi connectivity index (χ0n) is 13.0. The van der Waals surface area contributed by atoms with Crippen LogP contribution in [0.1, 0.15) is 23.1 Å². The largest absolute Gasteiger partial charge is 0.508 e. The van der Waals surface area contributed by atoms with Gasteiger partial charge in [-0.25, -0.2) is 4.79 Å². The quantitative estimate of drug-likeness (QED) is 0.672. The van der Waals surface area contributed by atoms with Gasteiger partial charge in [0.25, 0.3) is 0 Å². The summed E-state index contributed by atoms with van der Waals surface area (Å²) in [5.74, 6) is 6.12. The Morgan fingerprint density at radius 1 is 1.22 bits per heavy atom. The number of nitrogens with one attached hydrogen (secondary N) is 1. The first-order valence-corrected chi connectivity index (χ1v) is 7.38. The molecule has 2 rings (SSSR count). The summed E-state index contributed by atoms with van der Waals surface area (Å²) in [5, 5.41) is 12.2. The van der Waals surface area contributed by atoms with E-state index >= 15 is 0 Å². The van der Waals surface area contributed by atoms with E-state index in [0.717, 1.165) is 16.7 Å². The Labute approximate surface area is 136 Å². The summed E-state index contributed by atoms with van der Waals surface area (Å²) < 4.78 is 5.09. The predicted molar refractivity (Wildman–Crippen MR) is 89.0 cm³/mol. The number of benzene rings is 2. The van der Waals surface area contributed by atoms with E-state index in [0.29, 0.717) is 13.0 Å². The van der Waals surface area contributed by atoms with Gasteiger partial charge in [-0.1, -0.05) is 48.2 Å². The van der Waals surface area contributed by atoms with Crippen LogP contribution in [0.15, 0.2) is 48.5 Å². The second-order valence-electron chi connectivity index (χ2n) is 5.04. The van der Waals surface area contributed by atoms with E-state index in [-0.39, 0.29) is 12.4 Å². The number of rotatable bonds is 4. The van der Waals surface area contributed by atoms with Gasteiger partial charge >= 0.3 is 6.09 Å². The van der Waals surface area contributed by atoms with E-state index in [9.17, 15) is 9.90 Å². The molecule has 118 valence electrons. The molecule has 0 radical (unpaired) electrons. The maximum atomic E-state index is 11.5. The summed E-state index contributed by atoms with van der Waals surface area (Å²) in [6.07, 6.45) is 0.0540. The molecule has 2 aromatic rings. The number of hydrogen-bond donors (Lipinski definition) is 2. The van der Waals surface area contributed by atoms with Crippen molar-refractivity contribution in [2.75, 3.05) is 6.54 Å². The molecular weight excluding hydrogens is 290 g/mol. The fraction of sp³-hybridized carbons (Fsp3) is 0.211. The molecule has 0 aliphatic heterocycles. The van der Waals surface area contributed by atoms with Crippen LogP contribution in [0.3, 0.4) is 0 Å². The van der Waals surface area contributed by atoms with Gasteiger partial charge in [0.2, 0.25) is 0 Å². The van der Waals surface area contributed by atoms with Crippen LogP contribution in [0.4, 0.5) is 4.79 Å². The molecule has 0 spiro atoms. The van der Waals surface area contributed by atoms with Crippen molar-refractivity contribution in [1.82, 2.24) is 5.32 Å². The summed E-state index contributed by atoms with van der Waals surface area (Å²) in [7, 11) is 0. The summed E-state index contributed by atoms with van der Waals surface area (Å²) in [6.45, 7) is 2.50. The van der Waals surface area contributed by atoms with Gasteiger partial charge in [-0.15, -0.1) is 0 Å². The van der Waals surface area contributed by atoms with Gasteiger partial charge in [-0.2, -0.15) is 0 Å². The van der Waals surface area contributed by atoms with E-state index in [1.807, 2.05) is 49.4 Å². The maximum Gasteiger partial charge on any atom is 0.407 e. The van der Waals surface area contributed by atoms with Gasteiger partial charge in [-0.3, -0.25) is 0 Å². The average molecular weight is 309 g/mol. The highest BCUT2D eigenvalue weighted by Gasteiger charge is 2.00. The predicted octanol–water partition coefficient (Wildman–Crippen LogP) is 3.37. The molecule has 23 heavy (non-hydrogen) atoms. The third kappa shape index (κ3) is 5.76. The Morgan fingerprint density at radius 3 is 2.74 bits per heavy atom. The summed E-state index contributed by atoms with van der Waals surface area (Å²) in [6, 6.07) is 14.8. The summed E-state index contributed by atoms with van der Waals surface area (Å²) in [5.41, 5.74) is 2.51. The second kappa shape index (κ2) is 8.50. The number of alkyl carbamates (subject to hydrolysis) is 1. The Morgan fingerprint density at radius 2 is 2.00 bits per heavy atom. The molecule has 4 nitrogen and oxygen atoms in total. The zero-order chi connectivity index (χ0) is 16.5. The van der Waals surface area contributed by atoms with Crippen molar-refractivity contribution < 1.29 is 14.6 Å². The monoisotopic (exact) mass is 309 g/mol. The first-order valence-electron chi connectivity index (χ1n) is 7.38. The van der Waals surface area contributed by atoms with E-state index in [2.05, 4.69) is 17.2 Å². The number of ether oxygens (including phenoxy) is 1. The molecule has 2 aromatic carbocycles. The van der Waals surface area contributed by atoms with Crippen LogP contribution in [0.2, 0.25) is 0 Å². The lowest BCUT2D eigenvalue weighted by atomic mass is 10.1. The van der Waals surface area contributed by atoms with Crippen LogP contribution in [-0.4, -0.2) is 17.7 Å². The molecule has 0 saturated carbocycles. The third-order valence-corrected chi connectivity index (χ3v) is 3.17. The van der Waals surface area contributed by atoms with Crippen LogP contribution in [-0.2, 0) is 11.3 Å². The van der Waals surface area contributed by atoms with Crippen LogP contribution in [0.25, 0.3) is 0 Å². The van der Waals surface area contributed by atoms with Crippen LogP contribution >= 0.6 is 0 Å². The first-order chi connectivity index (χ1) is 11.1. The number of hydrogen-bond acceptors (Lipinski definition) is 3. The van der Waals surface area contributed by atoms with Crippen LogP contribution in [0, 0.1) is 18.8 Å². The van der Waals surface area contributed by atoms with Crippen molar-refractivity contribution in [3.8, 4) is 17.6 Å². The van der Waals surface area contributed by atoms with Gasteiger partial charge in [0, 0.05) is 18.5 Å². The fourth-order valence-corrected chi connectivity index (χ4v) is 1.85. The zero-order valence-corrected chi connectivity index (χ0v) is 13.0. The fourth-order valence-electron chi connectivity index (χ4n) is 1.85. The van der Waals surface area contributed by atoms with E-state index in [4.69, 9.17) is 4.74 Å². The molecule has 1 amide bonds. The van der Waals surface area contributed by atoms with Gasteiger partial charge in [0.1, 0.15) is 12.4 Å². The highest BCUT2D eigenvalue weighted by Crippen LogP contribution is 2.16. The standard InChI is InChI=1S/C19H19NO3/c1-15-10-11-16(13-18(15)21)7-5-6-12-20-19(22)23-14-17-8-3-2-4-9-17/h2-4,8-11,13,21H,6,12,14H2,1H3,(H,20,22). The minimum absolute atomic E-state index is 0.236. The van der Waals surface area contributed by atoms with E-state index in [1.165, 1.54) is 0 Å². The molecule has 0 heterocycles. The number of aromatic hydroxyl groups is 1. The number of aryl methyl sites for hydroxylation is 1. The first kappa shape index (κ1) is 16.4. The lowest BCUT2D eigenvalue weighted by Gasteiger charge is -2.05. The highest BCUT2D eigenvalue weighted by atomic mass is 16.5. The van der Waals surface area contributed by atoms with Crippen molar-refractivity contribution in [3.05, 3.63) is 65.2 Å². The van der Waals surface area contributed by atoms with Gasteiger partial charge in [-0.05, 0) is 30.2 Å². The molecule has 4 heteroatoms. The normalized spacial score (nSPS) is 9.61. The lowest BCUT2D eigenvalue weighted by molar-refractivity contribution is 0.140. The molecule has 0 fully saturated rings. The Hall–Kier alpha value is -2.93. The third-order valence-electron chi connectivity index (χ3n) is 3.17. The van der Waals surface area contributed by atoms with Crippen molar-refractivity contribution in [1.29, 1.82) is 0 Å². The summed E-state index contributed by atoms with van der Waals surface area (Å²) in [4.78, 5) is 11.5. The van der Waals surface area contributed by atoms with Gasteiger partial charge in [0.05, 0.1) is 0 Å². The van der Waals surface area contributed by atoms with Gasteiger partial charge in [0.15, 0.2) is 0 Å². The van der Waals surface area contributed by atoms with Gasteiger partial charge < -0.3 is 15.2 Å². The molecule has 0 aromatic heterocycles. The molecular formula is C19H19NO3. The lowest BCUT2D eigenvalue weighted by Crippen LogP contribution is -2.24. The molecule has 0 aliphatic carbocycles. The van der Waals surface area contributed by atoms with E-state index in [1.54, 1.807) is 6.07 Å². The molecule has 2 N–H and O–H groups in total. The van der Waals surface area contributed by atoms with Crippen molar-refractivity contribution >= 4 is 6.09 Å². The summed E-state index contributed by atoms with van der Waals surface area (Å²) >= 11 is 0. The number of phenols is 1. The minimum atomic E-state index is -0.455. The maximum absolute atomic E-state index is 11.5. The topological polar surface area (TPSA) is 58.6 Å². The van der Waals surface area contributed by atoms with Crippen molar-refractivity contribution in [3.63, 3.8) is 0 Å². The molecule has 0 unspecified atom stereocenters. The smallest absolute Gasteiger partial charge is 0.407 e. The minimum Gasteiger partial charge on any atom is -0.508 e. The number of carbonyl (C=O) groups excluding carboxylic acids is 1. The number of carbonyl (C=O) groups is 1. The van der Waals surface area contributed by atoms with Crippen molar-refractivity contribution in [2.45, 2.75) is 20.0 Å². The number of phenolic OH excluding ortho intramolecular Hbond substituents is 1. The van der Waals surface area contributed by atoms with Crippen LogP contribution in [0.5, 0.6) is 5.75 Å². The molecule has 0 atom stereocenters. The average Bonchev–Trinajstić information content (AvgIpc) is 2.57. The highest BCUT2D eigenvalue weighted by molar-refractivity contribution is 5.67. The SMILES string of the molecule is Cc1ccc(C#CCCNC(=O)OCc2ccccc2)cc1O. The Balaban J connectivity index is 1.68. The number of amides is 1. The molecule has 0 aliphatic rings. The Kier molecular flexibility index (Phi) is 6.07. The molecule has 0 saturated heterocycles. The van der Waals surface area contributed by atoms with Crippen molar-refractivity contribution in [2.24, 2.45) is 0 Å². The Bertz CT molecular complexity index is 714. The van der Waals surface area contributed by atoms with E-state index < -0.39 is 6.09 Å². The second-order valence-corrected chi connectivity index (χ2v) is 5.04. The molecule has 0 bridgehead atoms.